The molecule has 0 N–H and O–H groups in total. The molecule has 0 aliphatic rings. The van der Waals surface area contributed by atoms with E-state index < -0.39 is 5.97 Å². The van der Waals surface area contributed by atoms with Crippen molar-refractivity contribution in [2.24, 2.45) is 0 Å². The van der Waals surface area contributed by atoms with Gasteiger partial charge >= 0.3 is 5.97 Å². The molecule has 0 saturated carbocycles. The zero-order valence-electron chi connectivity index (χ0n) is 16.0. The normalized spacial score (nSPS) is 10.7. The Morgan fingerprint density at radius 2 is 1.45 bits per heavy atom. The van der Waals surface area contributed by atoms with Crippen molar-refractivity contribution < 1.29 is 14.3 Å². The van der Waals surface area contributed by atoms with Crippen LogP contribution < -0.4 is 0 Å². The molecule has 4 aromatic rings. The van der Waals surface area contributed by atoms with Gasteiger partial charge in [-0.3, -0.25) is 4.79 Å². The lowest BCUT2D eigenvalue weighted by Gasteiger charge is -2.14. The Morgan fingerprint density at radius 1 is 0.828 bits per heavy atom. The maximum Gasteiger partial charge on any atom is 0.339 e. The van der Waals surface area contributed by atoms with Gasteiger partial charge < -0.3 is 4.74 Å². The molecule has 0 amide bonds. The number of Topliss-reactive ketones (excluding diaryl/α,β-unsaturated/α-hetero) is 1. The summed E-state index contributed by atoms with van der Waals surface area (Å²) in [5.74, 6) is -0.763. The number of aromatic nitrogens is 1. The van der Waals surface area contributed by atoms with E-state index in [-0.39, 0.29) is 12.4 Å². The highest BCUT2D eigenvalue weighted by molar-refractivity contribution is 6.07. The van der Waals surface area contributed by atoms with Gasteiger partial charge in [0.25, 0.3) is 0 Å². The third-order valence-corrected chi connectivity index (χ3v) is 4.82. The van der Waals surface area contributed by atoms with Gasteiger partial charge in [-0.15, -0.1) is 0 Å². The van der Waals surface area contributed by atoms with Gasteiger partial charge in [0.2, 0.25) is 0 Å². The molecule has 0 atom stereocenters. The first-order valence-corrected chi connectivity index (χ1v) is 9.35. The van der Waals surface area contributed by atoms with Crippen molar-refractivity contribution in [1.82, 2.24) is 4.98 Å². The summed E-state index contributed by atoms with van der Waals surface area (Å²) >= 11 is 0. The van der Waals surface area contributed by atoms with Gasteiger partial charge in [-0.2, -0.15) is 0 Å². The Bertz CT molecular complexity index is 1180. The summed E-state index contributed by atoms with van der Waals surface area (Å²) in [5.41, 5.74) is 4.04. The number of rotatable bonds is 5. The number of pyridine rings is 1. The number of carbonyl (C=O) groups is 2. The number of fused-ring (bicyclic) bond motifs is 1. The Kier molecular flexibility index (Phi) is 5.16. The molecule has 0 radical (unpaired) electrons. The van der Waals surface area contributed by atoms with E-state index >= 15 is 0 Å². The first-order chi connectivity index (χ1) is 14.1. The van der Waals surface area contributed by atoms with Gasteiger partial charge in [-0.1, -0.05) is 78.9 Å². The summed E-state index contributed by atoms with van der Waals surface area (Å²) in [5, 5.41) is 0.710. The van der Waals surface area contributed by atoms with E-state index in [9.17, 15) is 9.59 Å². The lowest BCUT2D eigenvalue weighted by molar-refractivity contribution is 0.0476. The van der Waals surface area contributed by atoms with Crippen LogP contribution in [-0.2, 0) is 4.74 Å². The van der Waals surface area contributed by atoms with E-state index in [2.05, 4.69) is 0 Å². The van der Waals surface area contributed by atoms with Crippen molar-refractivity contribution in [1.29, 1.82) is 0 Å². The molecular weight excluding hydrogens is 362 g/mol. The Balaban J connectivity index is 1.71. The first kappa shape index (κ1) is 18.6. The van der Waals surface area contributed by atoms with Gasteiger partial charge in [0, 0.05) is 16.5 Å². The number of para-hydroxylation sites is 1. The second-order valence-corrected chi connectivity index (χ2v) is 6.71. The average Bonchev–Trinajstić information content (AvgIpc) is 2.78. The summed E-state index contributed by atoms with van der Waals surface area (Å²) in [7, 11) is 0. The minimum Gasteiger partial charge on any atom is -0.454 e. The molecule has 29 heavy (non-hydrogen) atoms. The third kappa shape index (κ3) is 3.78. The van der Waals surface area contributed by atoms with Crippen LogP contribution in [0, 0.1) is 6.92 Å². The van der Waals surface area contributed by atoms with Crippen LogP contribution in [0.4, 0.5) is 0 Å². The van der Waals surface area contributed by atoms with Crippen LogP contribution in [0.3, 0.4) is 0 Å². The van der Waals surface area contributed by atoms with Crippen LogP contribution in [0.15, 0.2) is 84.9 Å². The highest BCUT2D eigenvalue weighted by atomic mass is 16.5. The fourth-order valence-electron chi connectivity index (χ4n) is 3.36. The minimum absolute atomic E-state index is 0.238. The van der Waals surface area contributed by atoms with Crippen molar-refractivity contribution in [3.05, 3.63) is 102 Å². The van der Waals surface area contributed by atoms with Gasteiger partial charge in [-0.25, -0.2) is 9.78 Å². The zero-order valence-corrected chi connectivity index (χ0v) is 16.0. The number of carbonyl (C=O) groups excluding carboxylic acids is 2. The molecule has 3 aromatic carbocycles. The van der Waals surface area contributed by atoms with Crippen LogP contribution in [0.2, 0.25) is 0 Å². The molecule has 4 rings (SSSR count). The van der Waals surface area contributed by atoms with Crippen molar-refractivity contribution in [3.8, 4) is 11.3 Å². The van der Waals surface area contributed by atoms with E-state index in [1.807, 2.05) is 67.6 Å². The topological polar surface area (TPSA) is 56.3 Å². The number of nitrogens with zero attached hydrogens (tertiary/aromatic N) is 1. The van der Waals surface area contributed by atoms with Crippen molar-refractivity contribution in [2.45, 2.75) is 6.92 Å². The summed E-state index contributed by atoms with van der Waals surface area (Å²) in [6.45, 7) is 1.55. The number of hydrogen-bond donors (Lipinski definition) is 0. The fraction of sp³-hybridized carbons (Fsp3) is 0.0800. The minimum atomic E-state index is -0.525. The van der Waals surface area contributed by atoms with E-state index in [0.29, 0.717) is 22.0 Å². The van der Waals surface area contributed by atoms with E-state index in [1.165, 1.54) is 0 Å². The predicted molar refractivity (Wildman–Crippen MR) is 113 cm³/mol. The van der Waals surface area contributed by atoms with Gasteiger partial charge in [0.15, 0.2) is 12.4 Å². The highest BCUT2D eigenvalue weighted by Crippen LogP contribution is 2.30. The zero-order chi connectivity index (χ0) is 20.2. The SMILES string of the molecule is Cc1c(-c2ccccc2)nc2ccccc2c1C(=O)OCC(=O)c1ccccc1. The predicted octanol–water partition coefficient (Wildman–Crippen LogP) is 5.25. The van der Waals surface area contributed by atoms with Crippen molar-refractivity contribution in [2.75, 3.05) is 6.61 Å². The molecule has 142 valence electrons. The maximum atomic E-state index is 13.0. The summed E-state index contributed by atoms with van der Waals surface area (Å²) in [4.78, 5) is 30.1. The Morgan fingerprint density at radius 3 is 2.17 bits per heavy atom. The van der Waals surface area contributed by atoms with E-state index in [0.717, 1.165) is 16.8 Å². The Hall–Kier alpha value is -3.79. The smallest absolute Gasteiger partial charge is 0.339 e. The number of benzene rings is 3. The summed E-state index contributed by atoms with van der Waals surface area (Å²) in [6.07, 6.45) is 0. The molecule has 4 nitrogen and oxygen atoms in total. The van der Waals surface area contributed by atoms with Crippen molar-refractivity contribution >= 4 is 22.7 Å². The molecule has 0 spiro atoms. The van der Waals surface area contributed by atoms with E-state index in [4.69, 9.17) is 9.72 Å². The molecule has 0 aliphatic heterocycles. The second kappa shape index (κ2) is 8.07. The summed E-state index contributed by atoms with van der Waals surface area (Å²) < 4.78 is 5.41. The molecule has 0 bridgehead atoms. The first-order valence-electron chi connectivity index (χ1n) is 9.35. The molecule has 0 fully saturated rings. The number of esters is 1. The van der Waals surface area contributed by atoms with Crippen LogP contribution in [0.25, 0.3) is 22.2 Å². The lowest BCUT2D eigenvalue weighted by Crippen LogP contribution is -2.16. The third-order valence-electron chi connectivity index (χ3n) is 4.82. The quantitative estimate of drug-likeness (QED) is 0.350. The second-order valence-electron chi connectivity index (χ2n) is 6.71. The summed E-state index contributed by atoms with van der Waals surface area (Å²) in [6, 6.07) is 26.0. The largest absolute Gasteiger partial charge is 0.454 e. The molecular formula is C25H19NO3. The monoisotopic (exact) mass is 381 g/mol. The number of ether oxygens (including phenoxy) is 1. The molecule has 0 saturated heterocycles. The van der Waals surface area contributed by atoms with Crippen LogP contribution in [-0.4, -0.2) is 23.3 Å². The molecule has 0 unspecified atom stereocenters. The van der Waals surface area contributed by atoms with Gasteiger partial charge in [0.05, 0.1) is 16.8 Å². The molecule has 0 aliphatic carbocycles. The van der Waals surface area contributed by atoms with Crippen LogP contribution >= 0.6 is 0 Å². The fourth-order valence-corrected chi connectivity index (χ4v) is 3.36. The van der Waals surface area contributed by atoms with Gasteiger partial charge in [0.1, 0.15) is 0 Å². The van der Waals surface area contributed by atoms with Gasteiger partial charge in [-0.05, 0) is 18.6 Å². The standard InChI is InChI=1S/C25H19NO3/c1-17-23(25(28)29-16-22(27)18-10-4-2-5-11-18)20-14-8-9-15-21(20)26-24(17)19-12-6-3-7-13-19/h2-15H,16H2,1H3. The Labute approximate surface area is 168 Å². The molecule has 1 heterocycles. The number of ketones is 1. The lowest BCUT2D eigenvalue weighted by atomic mass is 9.98. The van der Waals surface area contributed by atoms with E-state index in [1.54, 1.807) is 24.3 Å². The highest BCUT2D eigenvalue weighted by Gasteiger charge is 2.21. The van der Waals surface area contributed by atoms with Crippen LogP contribution in [0.1, 0.15) is 26.3 Å². The van der Waals surface area contributed by atoms with Crippen molar-refractivity contribution in [3.63, 3.8) is 0 Å². The molecule has 1 aromatic heterocycles. The average molecular weight is 381 g/mol. The van der Waals surface area contributed by atoms with Crippen LogP contribution in [0.5, 0.6) is 0 Å². The molecule has 4 heteroatoms. The number of hydrogen-bond acceptors (Lipinski definition) is 4. The maximum absolute atomic E-state index is 13.0.